The van der Waals surface area contributed by atoms with Crippen molar-refractivity contribution in [3.8, 4) is 33.6 Å². The molecule has 1 aliphatic carbocycles. The maximum absolute atomic E-state index is 12.9. The first-order chi connectivity index (χ1) is 23.1. The van der Waals surface area contributed by atoms with Crippen LogP contribution in [0.15, 0.2) is 48.8 Å². The minimum Gasteiger partial charge on any atom is -0.340 e. The smallest absolute Gasteiger partial charge is 0.296 e. The molecule has 0 bridgehead atoms. The van der Waals surface area contributed by atoms with Gasteiger partial charge < -0.3 is 19.8 Å². The van der Waals surface area contributed by atoms with Gasteiger partial charge in [-0.2, -0.15) is 10.4 Å². The summed E-state index contributed by atoms with van der Waals surface area (Å²) < 4.78 is 0. The van der Waals surface area contributed by atoms with Crippen molar-refractivity contribution in [2.75, 3.05) is 13.1 Å². The molecule has 2 fully saturated rings. The van der Waals surface area contributed by atoms with Crippen molar-refractivity contribution in [3.05, 3.63) is 83.2 Å². The number of nitrogens with one attached hydrogen (secondary N) is 4. The van der Waals surface area contributed by atoms with E-state index < -0.39 is 0 Å². The van der Waals surface area contributed by atoms with Gasteiger partial charge in [-0.25, -0.2) is 9.97 Å². The maximum atomic E-state index is 12.9. The summed E-state index contributed by atoms with van der Waals surface area (Å²) in [5.41, 5.74) is 8.81. The monoisotopic (exact) mass is 628 g/mol. The fourth-order valence-electron chi connectivity index (χ4n) is 7.20. The Hall–Kier alpha value is -6.06. The minimum absolute atomic E-state index is 0.0619. The number of aromatic amines is 4. The van der Waals surface area contributed by atoms with Crippen LogP contribution < -0.4 is 0 Å². The lowest BCUT2D eigenvalue weighted by molar-refractivity contribution is 0.0711. The number of hydrogen-bond acceptors (Lipinski definition) is 10. The van der Waals surface area contributed by atoms with Crippen molar-refractivity contribution in [1.29, 1.82) is 0 Å². The van der Waals surface area contributed by atoms with Crippen molar-refractivity contribution in [3.63, 3.8) is 0 Å². The van der Waals surface area contributed by atoms with E-state index in [1.165, 1.54) is 22.3 Å². The van der Waals surface area contributed by atoms with E-state index in [9.17, 15) is 9.59 Å². The van der Waals surface area contributed by atoms with Crippen LogP contribution in [0.25, 0.3) is 33.6 Å². The quantitative estimate of drug-likeness (QED) is 0.212. The Kier molecular flexibility index (Phi) is 6.26. The summed E-state index contributed by atoms with van der Waals surface area (Å²) in [6, 6.07) is 12.7. The fourth-order valence-corrected chi connectivity index (χ4v) is 7.20. The van der Waals surface area contributed by atoms with E-state index in [4.69, 9.17) is 0 Å². The van der Waals surface area contributed by atoms with Crippen molar-refractivity contribution < 1.29 is 9.59 Å². The Morgan fingerprint density at radius 1 is 0.681 bits per heavy atom. The van der Waals surface area contributed by atoms with E-state index >= 15 is 0 Å². The Bertz CT molecular complexity index is 1960. The molecule has 0 unspecified atom stereocenters. The molecule has 6 heterocycles. The number of carbonyl (C=O) groups excluding carboxylic acids is 2. The van der Waals surface area contributed by atoms with Gasteiger partial charge in [0.05, 0.1) is 35.9 Å². The number of rotatable bonds is 6. The molecule has 2 aromatic carbocycles. The number of nitrogens with zero attached hydrogens (tertiary/aromatic N) is 10. The molecule has 2 amide bonds. The molecule has 9 rings (SSSR count). The van der Waals surface area contributed by atoms with Crippen LogP contribution in [0.3, 0.4) is 0 Å². The van der Waals surface area contributed by atoms with Crippen molar-refractivity contribution in [1.82, 2.24) is 71.0 Å². The number of benzene rings is 2. The van der Waals surface area contributed by atoms with Gasteiger partial charge in [0.15, 0.2) is 0 Å². The molecule has 3 aliphatic rings. The first-order valence-electron chi connectivity index (χ1n) is 15.6. The Morgan fingerprint density at radius 2 is 1.17 bits per heavy atom. The van der Waals surface area contributed by atoms with Gasteiger partial charge in [0.2, 0.25) is 0 Å². The molecule has 6 aromatic rings. The molecule has 0 spiro atoms. The number of likely N-dealkylation sites (tertiary alicyclic amines) is 2. The van der Waals surface area contributed by atoms with Crippen molar-refractivity contribution >= 4 is 11.8 Å². The highest BCUT2D eigenvalue weighted by molar-refractivity contribution is 5.91. The number of aromatic nitrogens is 12. The molecule has 0 saturated carbocycles. The molecule has 2 saturated heterocycles. The fraction of sp³-hybridized carbons (Fsp3) is 0.290. The van der Waals surface area contributed by atoms with Crippen LogP contribution in [-0.2, 0) is 6.42 Å². The average Bonchev–Trinajstić information content (AvgIpc) is 3.95. The third-order valence-corrected chi connectivity index (χ3v) is 9.43. The van der Waals surface area contributed by atoms with Gasteiger partial charge in [-0.3, -0.25) is 9.59 Å². The van der Waals surface area contributed by atoms with Gasteiger partial charge in [-0.15, -0.1) is 20.4 Å². The number of tetrazole rings is 2. The highest BCUT2D eigenvalue weighted by atomic mass is 16.2. The molecular formula is C31H28N14O2. The summed E-state index contributed by atoms with van der Waals surface area (Å²) >= 11 is 0. The molecule has 4 N–H and O–H groups in total. The lowest BCUT2D eigenvalue weighted by Gasteiger charge is -2.21. The molecular weight excluding hydrogens is 600 g/mol. The van der Waals surface area contributed by atoms with E-state index in [0.29, 0.717) is 13.1 Å². The predicted molar refractivity (Wildman–Crippen MR) is 164 cm³/mol. The van der Waals surface area contributed by atoms with Gasteiger partial charge in [-0.05, 0) is 88.0 Å². The van der Waals surface area contributed by atoms with Crippen LogP contribution in [0.5, 0.6) is 0 Å². The molecule has 0 radical (unpaired) electrons. The van der Waals surface area contributed by atoms with E-state index in [2.05, 4.69) is 97.6 Å². The molecule has 234 valence electrons. The van der Waals surface area contributed by atoms with E-state index in [0.717, 1.165) is 66.3 Å². The second-order valence-corrected chi connectivity index (χ2v) is 12.1. The van der Waals surface area contributed by atoms with Gasteiger partial charge in [0.25, 0.3) is 23.5 Å². The summed E-state index contributed by atoms with van der Waals surface area (Å²) in [6.07, 6.45) is 7.86. The first kappa shape index (κ1) is 27.3. The standard InChI is InChI=1S/C31H28N14O2/c46-30(28-36-40-41-37-28)44-9-1-3-24(44)26-32-14-22(34-26)16-5-7-20-18(11-16)13-19-12-17(6-8-21(19)20)23-15-33-27(35-23)25-4-2-10-45(25)31(47)29-38-42-43-39-29/h5-8,11-12,14-15,24-25H,1-4,9-10,13H2,(H,32,34)(H,33,35)(H,36,37,40,41)(H,38,39,42,43)/t24-,25-/m1/s1. The van der Waals surface area contributed by atoms with Crippen molar-refractivity contribution in [2.24, 2.45) is 0 Å². The SMILES string of the molecule is O=C(c1nn[nH]n1)N1CCC[C@@H]1c1ncc(-c2ccc3c(c2)Cc2cc(-c4cnc([C@H]5CCCN5C(=O)c5nn[nH]n5)[nH]4)ccc2-3)[nH]1. The highest BCUT2D eigenvalue weighted by Crippen LogP contribution is 2.41. The zero-order valence-electron chi connectivity index (χ0n) is 25.0. The van der Waals surface area contributed by atoms with Crippen LogP contribution in [0.1, 0.15) is 81.8 Å². The van der Waals surface area contributed by atoms with Gasteiger partial charge >= 0.3 is 0 Å². The Balaban J connectivity index is 0.925. The third-order valence-electron chi connectivity index (χ3n) is 9.43. The summed E-state index contributed by atoms with van der Waals surface area (Å²) in [4.78, 5) is 45.7. The lowest BCUT2D eigenvalue weighted by atomic mass is 10.0. The summed E-state index contributed by atoms with van der Waals surface area (Å²) in [7, 11) is 0. The number of hydrogen-bond donors (Lipinski definition) is 4. The summed E-state index contributed by atoms with van der Waals surface area (Å²) in [5, 5.41) is 27.2. The minimum atomic E-state index is -0.253. The van der Waals surface area contributed by atoms with Gasteiger partial charge in [0, 0.05) is 13.1 Å². The van der Waals surface area contributed by atoms with Crippen LogP contribution >= 0.6 is 0 Å². The number of carbonyl (C=O) groups is 2. The largest absolute Gasteiger partial charge is 0.340 e. The van der Waals surface area contributed by atoms with Crippen LogP contribution in [-0.4, -0.2) is 95.9 Å². The number of amides is 2. The van der Waals surface area contributed by atoms with Crippen LogP contribution in [0.4, 0.5) is 0 Å². The lowest BCUT2D eigenvalue weighted by Crippen LogP contribution is -2.32. The van der Waals surface area contributed by atoms with Crippen LogP contribution in [0.2, 0.25) is 0 Å². The normalized spacial score (nSPS) is 18.6. The zero-order valence-corrected chi connectivity index (χ0v) is 25.0. The summed E-state index contributed by atoms with van der Waals surface area (Å²) in [6.45, 7) is 1.24. The molecule has 16 heteroatoms. The highest BCUT2D eigenvalue weighted by Gasteiger charge is 2.36. The van der Waals surface area contributed by atoms with E-state index in [1.54, 1.807) is 9.80 Å². The van der Waals surface area contributed by atoms with E-state index in [-0.39, 0.29) is 35.5 Å². The first-order valence-corrected chi connectivity index (χ1v) is 15.6. The molecule has 16 nitrogen and oxygen atoms in total. The number of imidazole rings is 2. The van der Waals surface area contributed by atoms with Crippen LogP contribution in [0, 0.1) is 0 Å². The Labute approximate surface area is 266 Å². The molecule has 4 aromatic heterocycles. The summed E-state index contributed by atoms with van der Waals surface area (Å²) in [5.74, 6) is 1.12. The van der Waals surface area contributed by atoms with E-state index in [1.807, 2.05) is 12.4 Å². The second-order valence-electron chi connectivity index (χ2n) is 12.1. The third kappa shape index (κ3) is 4.59. The van der Waals surface area contributed by atoms with Gasteiger partial charge in [-0.1, -0.05) is 24.3 Å². The van der Waals surface area contributed by atoms with Gasteiger partial charge in [0.1, 0.15) is 11.6 Å². The maximum Gasteiger partial charge on any atom is 0.296 e. The molecule has 2 aliphatic heterocycles. The topological polar surface area (TPSA) is 207 Å². The average molecular weight is 629 g/mol. The number of fused-ring (bicyclic) bond motifs is 3. The predicted octanol–water partition coefficient (Wildman–Crippen LogP) is 3.02. The zero-order chi connectivity index (χ0) is 31.5. The van der Waals surface area contributed by atoms with Crippen molar-refractivity contribution in [2.45, 2.75) is 44.2 Å². The number of H-pyrrole nitrogens is 4. The second kappa shape index (κ2) is 10.8. The molecule has 2 atom stereocenters. The molecule has 47 heavy (non-hydrogen) atoms. The Morgan fingerprint density at radius 3 is 1.62 bits per heavy atom.